The van der Waals surface area contributed by atoms with Crippen molar-refractivity contribution >= 4 is 25.7 Å². The second kappa shape index (κ2) is 45.0. The second-order valence-corrected chi connectivity index (χ2v) is 18.1. The van der Waals surface area contributed by atoms with Gasteiger partial charge >= 0.3 is 19.8 Å². The van der Waals surface area contributed by atoms with Gasteiger partial charge in [0.1, 0.15) is 12.7 Å². The number of hydrogen-bond acceptors (Lipinski definition) is 8. The van der Waals surface area contributed by atoms with Crippen LogP contribution in [-0.2, 0) is 32.7 Å². The number of esters is 1. The molecule has 3 unspecified atom stereocenters. The van der Waals surface area contributed by atoms with Crippen LogP contribution in [0.2, 0.25) is 0 Å². The van der Waals surface area contributed by atoms with Gasteiger partial charge in [0, 0.05) is 12.8 Å². The van der Waals surface area contributed by atoms with E-state index in [2.05, 4.69) is 67.8 Å². The summed E-state index contributed by atoms with van der Waals surface area (Å²) in [6, 6.07) is -1.55. The fraction of sp³-hybridized carbons (Fsp3) is 0.780. The summed E-state index contributed by atoms with van der Waals surface area (Å²) in [5.41, 5.74) is 0. The largest absolute Gasteiger partial charge is 0.480 e. The Bertz CT molecular complexity index is 1240. The molecule has 0 saturated carbocycles. The number of aliphatic carboxylic acids is 1. The fourth-order valence-corrected chi connectivity index (χ4v) is 7.54. The van der Waals surface area contributed by atoms with Crippen LogP contribution in [-0.4, -0.2) is 64.9 Å². The van der Waals surface area contributed by atoms with E-state index in [9.17, 15) is 34.1 Å². The van der Waals surface area contributed by atoms with Crippen LogP contribution in [0.15, 0.2) is 48.6 Å². The number of hydrogen-bond donors (Lipinski definition) is 4. The first-order valence-electron chi connectivity index (χ1n) is 24.7. The number of aliphatic hydroxyl groups is 1. The van der Waals surface area contributed by atoms with Crippen molar-refractivity contribution in [3.8, 4) is 0 Å². The van der Waals surface area contributed by atoms with Gasteiger partial charge < -0.3 is 25.2 Å². The summed E-state index contributed by atoms with van der Waals surface area (Å²) >= 11 is 0. The number of allylic oxidation sites excluding steroid dienone is 8. The molecule has 1 amide bonds. The Balaban J connectivity index is 3.89. The molecule has 0 fully saturated rings. The van der Waals surface area contributed by atoms with E-state index in [-0.39, 0.29) is 12.8 Å². The maximum absolute atomic E-state index is 12.4. The highest BCUT2D eigenvalue weighted by Gasteiger charge is 2.28. The molecular formula is C50H90NO10P. The normalized spacial score (nSPS) is 14.0. The van der Waals surface area contributed by atoms with E-state index in [1.54, 1.807) is 0 Å². The first-order chi connectivity index (χ1) is 30.1. The molecule has 0 aromatic heterocycles. The van der Waals surface area contributed by atoms with Gasteiger partial charge in [-0.15, -0.1) is 0 Å². The van der Waals surface area contributed by atoms with Crippen LogP contribution in [0, 0.1) is 0 Å². The zero-order valence-electron chi connectivity index (χ0n) is 39.2. The van der Waals surface area contributed by atoms with Crippen molar-refractivity contribution in [3.05, 3.63) is 48.6 Å². The minimum absolute atomic E-state index is 0.146. The van der Waals surface area contributed by atoms with Crippen LogP contribution in [0.3, 0.4) is 0 Å². The molecule has 0 aliphatic heterocycles. The fourth-order valence-electron chi connectivity index (χ4n) is 6.77. The van der Waals surface area contributed by atoms with Gasteiger partial charge in [-0.1, -0.05) is 197 Å². The maximum Gasteiger partial charge on any atom is 0.472 e. The van der Waals surface area contributed by atoms with Gasteiger partial charge in [0.15, 0.2) is 6.04 Å². The Hall–Kier alpha value is -2.56. The number of unbranched alkanes of at least 4 members (excludes halogenated alkanes) is 24. The summed E-state index contributed by atoms with van der Waals surface area (Å²) < 4.78 is 26.9. The van der Waals surface area contributed by atoms with Crippen LogP contribution >= 0.6 is 7.82 Å². The Morgan fingerprint density at radius 3 is 1.35 bits per heavy atom. The van der Waals surface area contributed by atoms with Gasteiger partial charge in [0.25, 0.3) is 0 Å². The number of carbonyl (C=O) groups is 3. The standard InChI is InChI=1S/C50H90NO10P/c1-3-5-7-9-11-13-15-17-19-21-23-25-27-29-31-33-35-37-39-41-48(53)51-47(50(55)56)45-61-62(57,58)60-44-46(52)43-59-49(54)42-40-38-36-34-32-30-28-26-24-22-20-18-16-14-12-10-8-6-4-2/h12,14,18,20,24,26,30,32,46-47,52H,3-11,13,15-17,19,21-23,25,27-29,31,33-45H2,1-2H3,(H,51,53)(H,55,56)(H,57,58)/b14-12-,20-18-,26-24-,32-30-. The van der Waals surface area contributed by atoms with Gasteiger partial charge in [-0.25, -0.2) is 9.36 Å². The van der Waals surface area contributed by atoms with E-state index in [0.717, 1.165) is 57.8 Å². The number of ether oxygens (including phenoxy) is 1. The van der Waals surface area contributed by atoms with Crippen LogP contribution < -0.4 is 5.32 Å². The number of carbonyl (C=O) groups excluding carboxylic acids is 2. The molecule has 360 valence electrons. The Labute approximate surface area is 377 Å². The van der Waals surface area contributed by atoms with E-state index in [1.807, 2.05) is 0 Å². The smallest absolute Gasteiger partial charge is 0.472 e. The van der Waals surface area contributed by atoms with Crippen molar-refractivity contribution in [3.63, 3.8) is 0 Å². The quantitative estimate of drug-likeness (QED) is 0.0200. The van der Waals surface area contributed by atoms with Gasteiger partial charge in [0.05, 0.1) is 13.2 Å². The average molecular weight is 896 g/mol. The lowest BCUT2D eigenvalue weighted by molar-refractivity contribution is -0.147. The number of carboxylic acids is 1. The molecule has 0 spiro atoms. The predicted molar refractivity (Wildman–Crippen MR) is 254 cm³/mol. The van der Waals surface area contributed by atoms with Crippen molar-refractivity contribution in [1.82, 2.24) is 5.32 Å². The Kier molecular flexibility index (Phi) is 43.2. The summed E-state index contributed by atoms with van der Waals surface area (Å²) in [4.78, 5) is 46.1. The molecule has 0 rings (SSSR count). The third kappa shape index (κ3) is 44.1. The summed E-state index contributed by atoms with van der Waals surface area (Å²) in [7, 11) is -4.77. The van der Waals surface area contributed by atoms with E-state index in [0.29, 0.717) is 12.8 Å². The van der Waals surface area contributed by atoms with E-state index in [4.69, 9.17) is 13.8 Å². The third-order valence-corrected chi connectivity index (χ3v) is 11.6. The third-order valence-electron chi connectivity index (χ3n) is 10.6. The molecule has 0 radical (unpaired) electrons. The molecule has 3 atom stereocenters. The first kappa shape index (κ1) is 59.4. The number of aliphatic hydroxyl groups excluding tert-OH is 1. The number of amides is 1. The summed E-state index contributed by atoms with van der Waals surface area (Å²) in [6.45, 7) is 2.56. The lowest BCUT2D eigenvalue weighted by atomic mass is 10.0. The van der Waals surface area contributed by atoms with E-state index in [1.165, 1.54) is 122 Å². The molecule has 4 N–H and O–H groups in total. The monoisotopic (exact) mass is 896 g/mol. The minimum Gasteiger partial charge on any atom is -0.480 e. The Morgan fingerprint density at radius 1 is 0.516 bits per heavy atom. The molecule has 0 aromatic carbocycles. The number of rotatable bonds is 46. The van der Waals surface area contributed by atoms with Gasteiger partial charge in [-0.3, -0.25) is 18.6 Å². The van der Waals surface area contributed by atoms with Crippen LogP contribution in [0.1, 0.15) is 219 Å². The minimum atomic E-state index is -4.77. The van der Waals surface area contributed by atoms with Gasteiger partial charge in [-0.2, -0.15) is 0 Å². The van der Waals surface area contributed by atoms with Crippen LogP contribution in [0.5, 0.6) is 0 Å². The molecule has 0 aromatic rings. The SMILES string of the molecule is CCCCC/C=C\C/C=C\C/C=C\C/C=C\CCCCCC(=O)OCC(O)COP(=O)(O)OCC(NC(=O)CCCCCCCCCCCCCCCCCCCCC)C(=O)O. The highest BCUT2D eigenvalue weighted by atomic mass is 31.2. The van der Waals surface area contributed by atoms with E-state index >= 15 is 0 Å². The Morgan fingerprint density at radius 2 is 0.887 bits per heavy atom. The van der Waals surface area contributed by atoms with Crippen LogP contribution in [0.25, 0.3) is 0 Å². The molecule has 0 aliphatic rings. The molecule has 0 saturated heterocycles. The summed E-state index contributed by atoms with van der Waals surface area (Å²) in [6.07, 6.45) is 51.3. The molecule has 62 heavy (non-hydrogen) atoms. The molecule has 12 heteroatoms. The zero-order chi connectivity index (χ0) is 45.6. The molecule has 0 heterocycles. The lowest BCUT2D eigenvalue weighted by Crippen LogP contribution is -2.43. The predicted octanol–water partition coefficient (Wildman–Crippen LogP) is 13.3. The van der Waals surface area contributed by atoms with Crippen molar-refractivity contribution in [1.29, 1.82) is 0 Å². The van der Waals surface area contributed by atoms with Crippen molar-refractivity contribution in [2.24, 2.45) is 0 Å². The molecule has 11 nitrogen and oxygen atoms in total. The second-order valence-electron chi connectivity index (χ2n) is 16.7. The zero-order valence-corrected chi connectivity index (χ0v) is 40.1. The number of nitrogens with one attached hydrogen (secondary N) is 1. The highest BCUT2D eigenvalue weighted by Crippen LogP contribution is 2.43. The van der Waals surface area contributed by atoms with Crippen molar-refractivity contribution in [2.75, 3.05) is 19.8 Å². The summed E-state index contributed by atoms with van der Waals surface area (Å²) in [5.74, 6) is -2.40. The van der Waals surface area contributed by atoms with Crippen molar-refractivity contribution in [2.45, 2.75) is 231 Å². The highest BCUT2D eigenvalue weighted by molar-refractivity contribution is 7.47. The van der Waals surface area contributed by atoms with Crippen molar-refractivity contribution < 1.29 is 47.8 Å². The lowest BCUT2D eigenvalue weighted by Gasteiger charge is -2.18. The molecule has 0 aliphatic carbocycles. The number of phosphoric ester groups is 1. The van der Waals surface area contributed by atoms with Crippen LogP contribution in [0.4, 0.5) is 0 Å². The first-order valence-corrected chi connectivity index (χ1v) is 26.2. The number of phosphoric acid groups is 1. The molecular weight excluding hydrogens is 806 g/mol. The van der Waals surface area contributed by atoms with Gasteiger partial charge in [-0.05, 0) is 57.8 Å². The average Bonchev–Trinajstić information content (AvgIpc) is 3.25. The topological polar surface area (TPSA) is 169 Å². The summed E-state index contributed by atoms with van der Waals surface area (Å²) in [5, 5.41) is 21.9. The molecule has 0 bridgehead atoms. The maximum atomic E-state index is 12.4. The number of carboxylic acid groups (broad SMARTS) is 1. The van der Waals surface area contributed by atoms with Gasteiger partial charge in [0.2, 0.25) is 5.91 Å². The van der Waals surface area contributed by atoms with E-state index < -0.39 is 57.6 Å².